The fourth-order valence-corrected chi connectivity index (χ4v) is 8.55. The molecule has 2 aromatic heterocycles. The minimum absolute atomic E-state index is 0.432. The van der Waals surface area contributed by atoms with Gasteiger partial charge in [0.2, 0.25) is 0 Å². The van der Waals surface area contributed by atoms with Gasteiger partial charge in [-0.1, -0.05) is 127 Å². The largest absolute Gasteiger partial charge is 0.456 e. The van der Waals surface area contributed by atoms with Crippen molar-refractivity contribution in [3.8, 4) is 11.1 Å². The minimum atomic E-state index is -0.432. The van der Waals surface area contributed by atoms with E-state index in [0.29, 0.717) is 5.84 Å². The average Bonchev–Trinajstić information content (AvgIpc) is 3.82. The summed E-state index contributed by atoms with van der Waals surface area (Å²) in [6, 6.07) is 61.7. The van der Waals surface area contributed by atoms with Crippen LogP contribution >= 0.6 is 0 Å². The zero-order valence-electron chi connectivity index (χ0n) is 30.0. The molecule has 0 fully saturated rings. The first kappa shape index (κ1) is 30.9. The molecule has 0 saturated carbocycles. The van der Waals surface area contributed by atoms with Crippen molar-refractivity contribution in [1.29, 1.82) is 0 Å². The van der Waals surface area contributed by atoms with Gasteiger partial charge in [0.15, 0.2) is 5.84 Å². The summed E-state index contributed by atoms with van der Waals surface area (Å²) >= 11 is 0. The third kappa shape index (κ3) is 4.88. The zero-order chi connectivity index (χ0) is 36.7. The number of amidine groups is 2. The van der Waals surface area contributed by atoms with Crippen LogP contribution in [-0.2, 0) is 0 Å². The number of aliphatic imine (C=N–C) groups is 2. The fourth-order valence-electron chi connectivity index (χ4n) is 8.55. The molecule has 1 N–H and O–H groups in total. The second kappa shape index (κ2) is 12.0. The topological polar surface area (TPSA) is 63.0 Å². The highest BCUT2D eigenvalue weighted by molar-refractivity contribution is 6.18. The Balaban J connectivity index is 1.04. The molecule has 0 aliphatic carbocycles. The molecule has 11 aromatic rings. The second-order valence-corrected chi connectivity index (χ2v) is 14.6. The zero-order valence-corrected chi connectivity index (χ0v) is 30.0. The molecule has 0 spiro atoms. The Morgan fingerprint density at radius 2 is 1.00 bits per heavy atom. The van der Waals surface area contributed by atoms with Crippen LogP contribution in [-0.4, -0.2) is 11.7 Å². The summed E-state index contributed by atoms with van der Waals surface area (Å²) in [5.41, 5.74) is 8.58. The van der Waals surface area contributed by atoms with Crippen molar-refractivity contribution in [3.05, 3.63) is 193 Å². The van der Waals surface area contributed by atoms with Crippen LogP contribution in [0.3, 0.4) is 0 Å². The van der Waals surface area contributed by atoms with Gasteiger partial charge in [0, 0.05) is 38.2 Å². The maximum atomic E-state index is 6.56. The highest BCUT2D eigenvalue weighted by atomic mass is 16.3. The van der Waals surface area contributed by atoms with Gasteiger partial charge in [-0.25, -0.2) is 9.98 Å². The Morgan fingerprint density at radius 3 is 1.77 bits per heavy atom. The van der Waals surface area contributed by atoms with Gasteiger partial charge >= 0.3 is 0 Å². The highest BCUT2D eigenvalue weighted by Gasteiger charge is 2.25. The highest BCUT2D eigenvalue weighted by Crippen LogP contribution is 2.42. The molecule has 0 saturated heterocycles. The molecule has 0 radical (unpaired) electrons. The van der Waals surface area contributed by atoms with Gasteiger partial charge in [0.1, 0.15) is 34.3 Å². The molecule has 1 atom stereocenters. The number of benzene rings is 9. The monoisotopic (exact) mass is 717 g/mol. The van der Waals surface area contributed by atoms with Gasteiger partial charge in [-0.15, -0.1) is 0 Å². The maximum Gasteiger partial charge on any atom is 0.159 e. The molecule has 1 aliphatic heterocycles. The Bertz CT molecular complexity index is 3480. The van der Waals surface area contributed by atoms with Crippen molar-refractivity contribution < 1.29 is 8.83 Å². The summed E-state index contributed by atoms with van der Waals surface area (Å²) in [5.74, 6) is 1.45. The fraction of sp³-hybridized carbons (Fsp3) is 0.0196. The Kier molecular flexibility index (Phi) is 6.63. The van der Waals surface area contributed by atoms with Crippen LogP contribution in [0.5, 0.6) is 0 Å². The standard InChI is InChI=1S/C51H31N3O2/c1-3-11-32-25-37(21-19-30(32)9-1)49-52-50(38-22-20-31-10-2-4-12-33(31)26-38)54-51(53-49)40-16-8-18-45-48(40)41-28-36(23-24-43(41)55-45)39-15-7-17-44-47(39)42-27-34-13-5-6-14-35(34)29-46(42)56-44/h1-29,51H,(H,52,53,54). The van der Waals surface area contributed by atoms with Crippen molar-refractivity contribution in [2.24, 2.45) is 9.98 Å². The third-order valence-corrected chi connectivity index (χ3v) is 11.3. The normalized spacial score (nSPS) is 14.6. The van der Waals surface area contributed by atoms with Crippen molar-refractivity contribution in [3.63, 3.8) is 0 Å². The van der Waals surface area contributed by atoms with E-state index >= 15 is 0 Å². The molecular weight excluding hydrogens is 687 g/mol. The van der Waals surface area contributed by atoms with Gasteiger partial charge in [-0.3, -0.25) is 0 Å². The maximum absolute atomic E-state index is 6.56. The van der Waals surface area contributed by atoms with E-state index in [1.54, 1.807) is 0 Å². The van der Waals surface area contributed by atoms with E-state index in [1.165, 1.54) is 16.2 Å². The predicted octanol–water partition coefficient (Wildman–Crippen LogP) is 13.1. The molecule has 0 amide bonds. The summed E-state index contributed by atoms with van der Waals surface area (Å²) in [7, 11) is 0. The van der Waals surface area contributed by atoms with E-state index in [2.05, 4.69) is 175 Å². The number of furan rings is 2. The number of hydrogen-bond donors (Lipinski definition) is 1. The molecule has 9 aromatic carbocycles. The summed E-state index contributed by atoms with van der Waals surface area (Å²) in [4.78, 5) is 10.5. The summed E-state index contributed by atoms with van der Waals surface area (Å²) in [6.45, 7) is 0. The summed E-state index contributed by atoms with van der Waals surface area (Å²) < 4.78 is 13.0. The number of hydrogen-bond acceptors (Lipinski definition) is 5. The molecule has 0 bridgehead atoms. The number of nitrogens with one attached hydrogen (secondary N) is 1. The lowest BCUT2D eigenvalue weighted by atomic mass is 9.96. The number of nitrogens with zero attached hydrogens (tertiary/aromatic N) is 2. The van der Waals surface area contributed by atoms with Crippen LogP contribution in [0.25, 0.3) is 87.3 Å². The van der Waals surface area contributed by atoms with Gasteiger partial charge < -0.3 is 14.2 Å². The van der Waals surface area contributed by atoms with Gasteiger partial charge in [0.25, 0.3) is 0 Å². The van der Waals surface area contributed by atoms with Crippen LogP contribution < -0.4 is 5.32 Å². The number of rotatable bonds is 4. The first-order chi connectivity index (χ1) is 27.7. The molecule has 3 heterocycles. The van der Waals surface area contributed by atoms with E-state index in [9.17, 15) is 0 Å². The Labute approximate surface area is 320 Å². The molecule has 5 nitrogen and oxygen atoms in total. The lowest BCUT2D eigenvalue weighted by Gasteiger charge is -2.24. The first-order valence-electron chi connectivity index (χ1n) is 18.9. The van der Waals surface area contributed by atoms with E-state index < -0.39 is 6.17 Å². The smallest absolute Gasteiger partial charge is 0.159 e. The molecular formula is C51H31N3O2. The minimum Gasteiger partial charge on any atom is -0.456 e. The summed E-state index contributed by atoms with van der Waals surface area (Å²) in [6.07, 6.45) is -0.432. The SMILES string of the molecule is c1ccc2cc(C3=NC(c4cccc5oc6ccc(-c7cccc8oc9cc%10ccccc%10cc9c78)cc6c45)NC(c4ccc5ccccc5c4)=N3)ccc2c1. The van der Waals surface area contributed by atoms with Gasteiger partial charge in [-0.2, -0.15) is 0 Å². The molecule has 56 heavy (non-hydrogen) atoms. The van der Waals surface area contributed by atoms with E-state index in [4.69, 9.17) is 18.8 Å². The first-order valence-corrected chi connectivity index (χ1v) is 18.9. The average molecular weight is 718 g/mol. The van der Waals surface area contributed by atoms with E-state index in [0.717, 1.165) is 93.7 Å². The van der Waals surface area contributed by atoms with Crippen LogP contribution in [0.4, 0.5) is 0 Å². The van der Waals surface area contributed by atoms with E-state index in [1.807, 2.05) is 6.07 Å². The van der Waals surface area contributed by atoms with E-state index in [-0.39, 0.29) is 0 Å². The van der Waals surface area contributed by atoms with Crippen LogP contribution in [0.15, 0.2) is 195 Å². The molecule has 5 heteroatoms. The van der Waals surface area contributed by atoms with Crippen molar-refractivity contribution in [2.45, 2.75) is 6.17 Å². The Morgan fingerprint density at radius 1 is 0.411 bits per heavy atom. The lowest BCUT2D eigenvalue weighted by molar-refractivity contribution is 0.662. The van der Waals surface area contributed by atoms with Crippen molar-refractivity contribution in [1.82, 2.24) is 5.32 Å². The second-order valence-electron chi connectivity index (χ2n) is 14.6. The summed E-state index contributed by atoms with van der Waals surface area (Å²) in [5, 5.41) is 15.0. The Hall–Kier alpha value is -7.50. The number of fused-ring (bicyclic) bond motifs is 9. The predicted molar refractivity (Wildman–Crippen MR) is 231 cm³/mol. The molecule has 12 rings (SSSR count). The van der Waals surface area contributed by atoms with Gasteiger partial charge in [0.05, 0.1) is 0 Å². The molecule has 262 valence electrons. The lowest BCUT2D eigenvalue weighted by Crippen LogP contribution is -2.33. The van der Waals surface area contributed by atoms with Crippen LogP contribution in [0.2, 0.25) is 0 Å². The molecule has 1 unspecified atom stereocenters. The van der Waals surface area contributed by atoms with Crippen molar-refractivity contribution >= 4 is 87.9 Å². The van der Waals surface area contributed by atoms with Crippen LogP contribution in [0.1, 0.15) is 22.9 Å². The van der Waals surface area contributed by atoms with Crippen molar-refractivity contribution in [2.75, 3.05) is 0 Å². The van der Waals surface area contributed by atoms with Gasteiger partial charge in [-0.05, 0) is 92.0 Å². The van der Waals surface area contributed by atoms with Crippen LogP contribution in [0, 0.1) is 0 Å². The molecule has 1 aliphatic rings. The quantitative estimate of drug-likeness (QED) is 0.197. The third-order valence-electron chi connectivity index (χ3n) is 11.3.